The van der Waals surface area contributed by atoms with Crippen molar-refractivity contribution in [1.29, 1.82) is 0 Å². The minimum absolute atomic E-state index is 0.245. The average Bonchev–Trinajstić information content (AvgIpc) is 2.94. The van der Waals surface area contributed by atoms with Crippen LogP contribution in [0.5, 0.6) is 11.5 Å². The van der Waals surface area contributed by atoms with Crippen LogP contribution in [-0.4, -0.2) is 34.9 Å². The number of nitrogens with one attached hydrogen (secondary N) is 1. The summed E-state index contributed by atoms with van der Waals surface area (Å²) in [5, 5.41) is 6.71. The minimum Gasteiger partial charge on any atom is -0.493 e. The van der Waals surface area contributed by atoms with Crippen LogP contribution in [0.3, 0.4) is 0 Å². The molecule has 1 saturated heterocycles. The topological polar surface area (TPSA) is 73.2 Å². The normalized spacial score (nSPS) is 18.4. The highest BCUT2D eigenvalue weighted by Crippen LogP contribution is 2.35. The highest BCUT2D eigenvalue weighted by Gasteiger charge is 2.18. The van der Waals surface area contributed by atoms with Gasteiger partial charge in [0.05, 0.1) is 13.3 Å². The van der Waals surface area contributed by atoms with Gasteiger partial charge in [-0.1, -0.05) is 6.07 Å². The van der Waals surface area contributed by atoms with E-state index < -0.39 is 0 Å². The van der Waals surface area contributed by atoms with Gasteiger partial charge in [0.15, 0.2) is 11.5 Å². The van der Waals surface area contributed by atoms with Gasteiger partial charge in [0.2, 0.25) is 0 Å². The first kappa shape index (κ1) is 14.1. The summed E-state index contributed by atoms with van der Waals surface area (Å²) in [4.78, 5) is 0. The van der Waals surface area contributed by atoms with Crippen LogP contribution in [0.4, 0.5) is 5.82 Å². The summed E-state index contributed by atoms with van der Waals surface area (Å²) in [6.45, 7) is 0. The van der Waals surface area contributed by atoms with Crippen molar-refractivity contribution in [2.24, 2.45) is 0 Å². The molecular weight excluding hydrogens is 286 g/mol. The molecule has 2 aromatic rings. The fourth-order valence-corrected chi connectivity index (χ4v) is 3.48. The Morgan fingerprint density at radius 3 is 2.95 bits per heavy atom. The molecule has 0 saturated carbocycles. The molecule has 0 bridgehead atoms. The lowest BCUT2D eigenvalue weighted by molar-refractivity contribution is 0.202. The maximum Gasteiger partial charge on any atom is 0.162 e. The summed E-state index contributed by atoms with van der Waals surface area (Å²) in [5.41, 5.74) is 7.73. The van der Waals surface area contributed by atoms with Gasteiger partial charge in [0.1, 0.15) is 11.9 Å². The van der Waals surface area contributed by atoms with Crippen molar-refractivity contribution < 1.29 is 9.47 Å². The van der Waals surface area contributed by atoms with Crippen LogP contribution >= 0.6 is 11.8 Å². The Bertz CT molecular complexity index is 609. The van der Waals surface area contributed by atoms with Crippen molar-refractivity contribution >= 4 is 17.6 Å². The third-order valence-corrected chi connectivity index (χ3v) is 4.74. The van der Waals surface area contributed by atoms with Crippen LogP contribution in [0.15, 0.2) is 24.4 Å². The zero-order valence-corrected chi connectivity index (χ0v) is 12.8. The zero-order valence-electron chi connectivity index (χ0n) is 12.0. The molecule has 21 heavy (non-hydrogen) atoms. The lowest BCUT2D eigenvalue weighted by Crippen LogP contribution is -2.23. The van der Waals surface area contributed by atoms with Gasteiger partial charge < -0.3 is 15.2 Å². The van der Waals surface area contributed by atoms with E-state index in [4.69, 9.17) is 15.2 Å². The number of ether oxygens (including phenoxy) is 2. The van der Waals surface area contributed by atoms with E-state index in [1.807, 2.05) is 30.0 Å². The number of thioether (sulfide) groups is 1. The third kappa shape index (κ3) is 3.10. The number of methoxy groups -OCH3 is 1. The van der Waals surface area contributed by atoms with Crippen LogP contribution in [0.25, 0.3) is 11.1 Å². The van der Waals surface area contributed by atoms with Crippen LogP contribution in [0, 0.1) is 0 Å². The lowest BCUT2D eigenvalue weighted by Gasteiger charge is -2.24. The van der Waals surface area contributed by atoms with Crippen LogP contribution in [-0.2, 0) is 0 Å². The van der Waals surface area contributed by atoms with Gasteiger partial charge in [-0.3, -0.25) is 5.10 Å². The molecule has 112 valence electrons. The van der Waals surface area contributed by atoms with E-state index in [2.05, 4.69) is 10.2 Å². The summed E-state index contributed by atoms with van der Waals surface area (Å²) in [6, 6.07) is 5.84. The zero-order chi connectivity index (χ0) is 14.7. The minimum atomic E-state index is 0.245. The van der Waals surface area contributed by atoms with Crippen LogP contribution in [0.1, 0.15) is 12.8 Å². The predicted octanol–water partition coefficient (Wildman–Crippen LogP) is 2.94. The Balaban J connectivity index is 1.88. The largest absolute Gasteiger partial charge is 0.493 e. The molecular formula is C15H19N3O2S. The molecule has 1 unspecified atom stereocenters. The summed E-state index contributed by atoms with van der Waals surface area (Å²) in [5.74, 6) is 4.32. The fraction of sp³-hybridized carbons (Fsp3) is 0.400. The highest BCUT2D eigenvalue weighted by molar-refractivity contribution is 7.99. The quantitative estimate of drug-likeness (QED) is 0.908. The maximum absolute atomic E-state index is 6.14. The monoisotopic (exact) mass is 305 g/mol. The molecule has 1 fully saturated rings. The highest BCUT2D eigenvalue weighted by atomic mass is 32.2. The van der Waals surface area contributed by atoms with Crippen LogP contribution < -0.4 is 15.2 Å². The van der Waals surface area contributed by atoms with E-state index in [0.717, 1.165) is 34.8 Å². The summed E-state index contributed by atoms with van der Waals surface area (Å²) < 4.78 is 11.5. The van der Waals surface area contributed by atoms with E-state index in [1.165, 1.54) is 12.2 Å². The molecule has 1 atom stereocenters. The Morgan fingerprint density at radius 2 is 2.29 bits per heavy atom. The van der Waals surface area contributed by atoms with E-state index in [0.29, 0.717) is 5.82 Å². The first-order valence-electron chi connectivity index (χ1n) is 6.99. The third-order valence-electron chi connectivity index (χ3n) is 3.56. The van der Waals surface area contributed by atoms with Crippen molar-refractivity contribution in [3.63, 3.8) is 0 Å². The second-order valence-electron chi connectivity index (χ2n) is 5.02. The van der Waals surface area contributed by atoms with E-state index >= 15 is 0 Å². The summed E-state index contributed by atoms with van der Waals surface area (Å²) in [7, 11) is 1.66. The maximum atomic E-state index is 6.14. The van der Waals surface area contributed by atoms with Gasteiger partial charge in [-0.25, -0.2) is 0 Å². The number of nitrogens with two attached hydrogens (primary N) is 1. The Morgan fingerprint density at radius 1 is 1.38 bits per heavy atom. The van der Waals surface area contributed by atoms with Crippen molar-refractivity contribution in [3.05, 3.63) is 24.4 Å². The lowest BCUT2D eigenvalue weighted by atomic mass is 10.1. The number of hydrogen-bond acceptors (Lipinski definition) is 5. The Hall–Kier alpha value is -1.82. The van der Waals surface area contributed by atoms with Crippen molar-refractivity contribution in [3.8, 4) is 22.6 Å². The van der Waals surface area contributed by atoms with E-state index in [9.17, 15) is 0 Å². The van der Waals surface area contributed by atoms with Crippen molar-refractivity contribution in [2.45, 2.75) is 18.9 Å². The molecule has 0 amide bonds. The van der Waals surface area contributed by atoms with Gasteiger partial charge in [-0.05, 0) is 36.3 Å². The number of benzene rings is 1. The second-order valence-corrected chi connectivity index (χ2v) is 6.17. The van der Waals surface area contributed by atoms with Crippen molar-refractivity contribution in [1.82, 2.24) is 10.2 Å². The summed E-state index contributed by atoms with van der Waals surface area (Å²) in [6.07, 6.45) is 4.26. The van der Waals surface area contributed by atoms with Gasteiger partial charge >= 0.3 is 0 Å². The van der Waals surface area contributed by atoms with Crippen LogP contribution in [0.2, 0.25) is 0 Å². The van der Waals surface area contributed by atoms with E-state index in [-0.39, 0.29) is 6.10 Å². The molecule has 0 radical (unpaired) electrons. The standard InChI is InChI=1S/C15H19N3O2S/c1-19-13-5-4-10(12-8-17-18-15(12)16)7-14(13)20-11-3-2-6-21-9-11/h4-5,7-8,11H,2-3,6,9H2,1H3,(H3,16,17,18). The molecule has 1 aromatic heterocycles. The number of anilines is 1. The Kier molecular flexibility index (Phi) is 4.24. The number of aromatic amines is 1. The van der Waals surface area contributed by atoms with Crippen molar-refractivity contribution in [2.75, 3.05) is 24.3 Å². The predicted molar refractivity (Wildman–Crippen MR) is 86.0 cm³/mol. The smallest absolute Gasteiger partial charge is 0.162 e. The summed E-state index contributed by atoms with van der Waals surface area (Å²) >= 11 is 1.94. The van der Waals surface area contributed by atoms with Gasteiger partial charge in [-0.15, -0.1) is 0 Å². The Labute approximate surface area is 128 Å². The first-order chi connectivity index (χ1) is 10.3. The van der Waals surface area contributed by atoms with Gasteiger partial charge in [0.25, 0.3) is 0 Å². The van der Waals surface area contributed by atoms with Gasteiger partial charge in [0, 0.05) is 11.3 Å². The average molecular weight is 305 g/mol. The second kappa shape index (κ2) is 6.30. The molecule has 6 heteroatoms. The number of hydrogen-bond donors (Lipinski definition) is 2. The van der Waals surface area contributed by atoms with Gasteiger partial charge in [-0.2, -0.15) is 16.9 Å². The van der Waals surface area contributed by atoms with E-state index in [1.54, 1.807) is 13.3 Å². The molecule has 0 aliphatic carbocycles. The molecule has 1 aliphatic heterocycles. The molecule has 0 spiro atoms. The number of nitrogen functional groups attached to an aromatic ring is 1. The molecule has 1 aliphatic rings. The number of aromatic nitrogens is 2. The molecule has 1 aromatic carbocycles. The number of rotatable bonds is 4. The molecule has 3 rings (SSSR count). The fourth-order valence-electron chi connectivity index (χ4n) is 2.45. The molecule has 5 nitrogen and oxygen atoms in total. The first-order valence-corrected chi connectivity index (χ1v) is 8.15. The number of H-pyrrole nitrogens is 1. The molecule has 2 heterocycles. The number of nitrogens with zero attached hydrogens (tertiary/aromatic N) is 1. The SMILES string of the molecule is COc1ccc(-c2cn[nH]c2N)cc1OC1CCCSC1. The molecule has 3 N–H and O–H groups in total.